The van der Waals surface area contributed by atoms with Crippen molar-refractivity contribution < 1.29 is 18.4 Å². The Hall–Kier alpha value is -2.28. The lowest BCUT2D eigenvalue weighted by Gasteiger charge is -1.99. The van der Waals surface area contributed by atoms with Crippen LogP contribution in [-0.4, -0.2) is 15.2 Å². The van der Waals surface area contributed by atoms with Crippen LogP contribution in [0.15, 0.2) is 45.4 Å². The van der Waals surface area contributed by atoms with Crippen molar-refractivity contribution in [3.05, 3.63) is 52.5 Å². The molecule has 106 valence electrons. The summed E-state index contributed by atoms with van der Waals surface area (Å²) in [6.07, 6.45) is 0. The molecular weight excluding hydrogens is 346 g/mol. The fraction of sp³-hybridized carbons (Fsp3) is 0. The SMILES string of the molecule is Oc1ccc(Br)cc1-c1nc(-c2cc(F)cc(F)c2)no1. The van der Waals surface area contributed by atoms with Gasteiger partial charge in [0.1, 0.15) is 17.4 Å². The maximum Gasteiger partial charge on any atom is 0.262 e. The predicted molar refractivity (Wildman–Crippen MR) is 74.5 cm³/mol. The Morgan fingerprint density at radius 2 is 1.76 bits per heavy atom. The van der Waals surface area contributed by atoms with Crippen LogP contribution in [-0.2, 0) is 0 Å². The number of nitrogens with zero attached hydrogens (tertiary/aromatic N) is 2. The third kappa shape index (κ3) is 2.78. The van der Waals surface area contributed by atoms with Gasteiger partial charge in [-0.15, -0.1) is 0 Å². The number of phenols is 1. The highest BCUT2D eigenvalue weighted by Gasteiger charge is 2.15. The van der Waals surface area contributed by atoms with Crippen LogP contribution < -0.4 is 0 Å². The molecule has 1 N–H and O–H groups in total. The van der Waals surface area contributed by atoms with E-state index >= 15 is 0 Å². The summed E-state index contributed by atoms with van der Waals surface area (Å²) in [5.74, 6) is -1.43. The normalized spacial score (nSPS) is 10.8. The molecule has 3 rings (SSSR count). The van der Waals surface area contributed by atoms with Gasteiger partial charge >= 0.3 is 0 Å². The molecule has 0 aliphatic rings. The molecule has 0 aliphatic carbocycles. The molecule has 0 saturated carbocycles. The summed E-state index contributed by atoms with van der Waals surface area (Å²) in [4.78, 5) is 4.04. The number of phenolic OH excluding ortho intramolecular Hbond substituents is 1. The standard InChI is InChI=1S/C14H7BrF2N2O2/c15-8-1-2-12(20)11(5-8)14-18-13(19-21-14)7-3-9(16)6-10(17)4-7/h1-6,20H. The largest absolute Gasteiger partial charge is 0.507 e. The molecule has 0 atom stereocenters. The third-order valence-electron chi connectivity index (χ3n) is 2.74. The maximum atomic E-state index is 13.2. The van der Waals surface area contributed by atoms with Crippen molar-refractivity contribution in [3.63, 3.8) is 0 Å². The van der Waals surface area contributed by atoms with Crippen molar-refractivity contribution in [3.8, 4) is 28.6 Å². The van der Waals surface area contributed by atoms with Crippen LogP contribution in [0.2, 0.25) is 0 Å². The minimum Gasteiger partial charge on any atom is -0.507 e. The first kappa shape index (κ1) is 13.7. The second kappa shape index (κ2) is 5.25. The fourth-order valence-corrected chi connectivity index (χ4v) is 2.17. The molecular formula is C14H7BrF2N2O2. The first-order valence-corrected chi connectivity index (χ1v) is 6.61. The first-order chi connectivity index (χ1) is 10.0. The molecule has 2 aromatic carbocycles. The maximum absolute atomic E-state index is 13.2. The van der Waals surface area contributed by atoms with E-state index in [0.717, 1.165) is 18.2 Å². The number of rotatable bonds is 2. The molecule has 0 unspecified atom stereocenters. The van der Waals surface area contributed by atoms with Gasteiger partial charge in [0, 0.05) is 16.1 Å². The van der Waals surface area contributed by atoms with Crippen molar-refractivity contribution in [1.82, 2.24) is 10.1 Å². The zero-order valence-corrected chi connectivity index (χ0v) is 11.9. The van der Waals surface area contributed by atoms with E-state index in [-0.39, 0.29) is 23.0 Å². The predicted octanol–water partition coefficient (Wildman–Crippen LogP) is 4.15. The van der Waals surface area contributed by atoms with Gasteiger partial charge in [-0.05, 0) is 30.3 Å². The highest BCUT2D eigenvalue weighted by Crippen LogP contribution is 2.32. The highest BCUT2D eigenvalue weighted by atomic mass is 79.9. The fourth-order valence-electron chi connectivity index (χ4n) is 1.81. The Morgan fingerprint density at radius 3 is 2.48 bits per heavy atom. The summed E-state index contributed by atoms with van der Waals surface area (Å²) in [5, 5.41) is 13.5. The summed E-state index contributed by atoms with van der Waals surface area (Å²) < 4.78 is 32.1. The second-order valence-electron chi connectivity index (χ2n) is 4.24. The third-order valence-corrected chi connectivity index (χ3v) is 3.23. The smallest absolute Gasteiger partial charge is 0.262 e. The van der Waals surface area contributed by atoms with Crippen LogP contribution >= 0.6 is 15.9 Å². The topological polar surface area (TPSA) is 59.2 Å². The van der Waals surface area contributed by atoms with Gasteiger partial charge in [0.05, 0.1) is 5.56 Å². The molecule has 0 fully saturated rings. The van der Waals surface area contributed by atoms with Gasteiger partial charge in [-0.3, -0.25) is 0 Å². The van der Waals surface area contributed by atoms with E-state index in [2.05, 4.69) is 26.1 Å². The van der Waals surface area contributed by atoms with Crippen molar-refractivity contribution in [2.45, 2.75) is 0 Å². The number of hydrogen-bond donors (Lipinski definition) is 1. The minimum atomic E-state index is -0.735. The second-order valence-corrected chi connectivity index (χ2v) is 5.16. The van der Waals surface area contributed by atoms with Gasteiger partial charge in [-0.2, -0.15) is 4.98 Å². The van der Waals surface area contributed by atoms with Gasteiger partial charge in [0.2, 0.25) is 5.82 Å². The summed E-state index contributed by atoms with van der Waals surface area (Å²) in [5.41, 5.74) is 0.469. The monoisotopic (exact) mass is 352 g/mol. The Morgan fingerprint density at radius 1 is 1.05 bits per heavy atom. The van der Waals surface area contributed by atoms with Crippen molar-refractivity contribution in [1.29, 1.82) is 0 Å². The van der Waals surface area contributed by atoms with Gasteiger partial charge in [-0.1, -0.05) is 21.1 Å². The number of halogens is 3. The molecule has 0 saturated heterocycles. The summed E-state index contributed by atoms with van der Waals surface area (Å²) in [7, 11) is 0. The van der Waals surface area contributed by atoms with Crippen molar-refractivity contribution in [2.75, 3.05) is 0 Å². The van der Waals surface area contributed by atoms with Crippen molar-refractivity contribution >= 4 is 15.9 Å². The van der Waals surface area contributed by atoms with Crippen molar-refractivity contribution in [2.24, 2.45) is 0 Å². The minimum absolute atomic E-state index is 0.0303. The van der Waals surface area contributed by atoms with E-state index in [1.165, 1.54) is 6.07 Å². The van der Waals surface area contributed by atoms with Gasteiger partial charge in [-0.25, -0.2) is 8.78 Å². The van der Waals surface area contributed by atoms with Gasteiger partial charge in [0.25, 0.3) is 5.89 Å². The Kier molecular flexibility index (Phi) is 3.42. The van der Waals surface area contributed by atoms with E-state index in [1.807, 2.05) is 0 Å². The lowest BCUT2D eigenvalue weighted by Crippen LogP contribution is -1.86. The molecule has 0 amide bonds. The molecule has 4 nitrogen and oxygen atoms in total. The van der Waals surface area contributed by atoms with Crippen LogP contribution in [0.5, 0.6) is 5.75 Å². The quantitative estimate of drug-likeness (QED) is 0.752. The van der Waals surface area contributed by atoms with E-state index in [4.69, 9.17) is 4.52 Å². The van der Waals surface area contributed by atoms with Gasteiger partial charge < -0.3 is 9.63 Å². The zero-order valence-electron chi connectivity index (χ0n) is 10.3. The van der Waals surface area contributed by atoms with Crippen LogP contribution in [0.1, 0.15) is 0 Å². The van der Waals surface area contributed by atoms with Crippen LogP contribution in [0.25, 0.3) is 22.8 Å². The number of hydrogen-bond acceptors (Lipinski definition) is 4. The molecule has 0 aliphatic heterocycles. The van der Waals surface area contributed by atoms with Crippen LogP contribution in [0.4, 0.5) is 8.78 Å². The summed E-state index contributed by atoms with van der Waals surface area (Å²) >= 11 is 3.26. The Labute approximate surface area is 126 Å². The zero-order chi connectivity index (χ0) is 15.0. The molecule has 7 heteroatoms. The molecule has 0 radical (unpaired) electrons. The summed E-state index contributed by atoms with van der Waals surface area (Å²) in [6.45, 7) is 0. The Bertz CT molecular complexity index is 800. The average molecular weight is 353 g/mol. The molecule has 0 bridgehead atoms. The van der Waals surface area contributed by atoms with Crippen LogP contribution in [0, 0.1) is 11.6 Å². The molecule has 0 spiro atoms. The van der Waals surface area contributed by atoms with E-state index < -0.39 is 11.6 Å². The number of benzene rings is 2. The van der Waals surface area contributed by atoms with E-state index in [9.17, 15) is 13.9 Å². The van der Waals surface area contributed by atoms with E-state index in [0.29, 0.717) is 10.0 Å². The molecule has 21 heavy (non-hydrogen) atoms. The number of aromatic nitrogens is 2. The van der Waals surface area contributed by atoms with Gasteiger partial charge in [0.15, 0.2) is 0 Å². The molecule has 1 aromatic heterocycles. The van der Waals surface area contributed by atoms with Crippen LogP contribution in [0.3, 0.4) is 0 Å². The number of aromatic hydroxyl groups is 1. The summed E-state index contributed by atoms with van der Waals surface area (Å²) in [6, 6.07) is 7.66. The highest BCUT2D eigenvalue weighted by molar-refractivity contribution is 9.10. The molecule has 3 aromatic rings. The molecule has 1 heterocycles. The lowest BCUT2D eigenvalue weighted by atomic mass is 10.2. The lowest BCUT2D eigenvalue weighted by molar-refractivity contribution is 0.425. The average Bonchev–Trinajstić information content (AvgIpc) is 2.90. The Balaban J connectivity index is 2.05. The first-order valence-electron chi connectivity index (χ1n) is 5.82. The van der Waals surface area contributed by atoms with E-state index in [1.54, 1.807) is 12.1 Å².